The molecule has 0 radical (unpaired) electrons. The van der Waals surface area contributed by atoms with E-state index < -0.39 is 14.2 Å². The number of nitrogen functional groups attached to an aromatic ring is 1. The van der Waals surface area contributed by atoms with Crippen LogP contribution >= 0.6 is 0 Å². The minimum atomic E-state index is -1.74. The maximum Gasteiger partial charge on any atom is 0.248 e. The summed E-state index contributed by atoms with van der Waals surface area (Å²) in [7, 11) is -1.74. The fourth-order valence-corrected chi connectivity index (χ4v) is 3.32. The Morgan fingerprint density at radius 3 is 2.46 bits per heavy atom. The summed E-state index contributed by atoms with van der Waals surface area (Å²) < 4.78 is 12.1. The lowest BCUT2D eigenvalue weighted by Crippen LogP contribution is -2.41. The van der Waals surface area contributed by atoms with E-state index in [0.29, 0.717) is 36.6 Å². The molecule has 0 aliphatic rings. The topological polar surface area (TPSA) is 87.6 Å². The summed E-state index contributed by atoms with van der Waals surface area (Å²) >= 11 is 0. The average molecular weight is 379 g/mol. The largest absolute Gasteiger partial charge is 0.493 e. The zero-order chi connectivity index (χ0) is 20.0. The lowest BCUT2D eigenvalue weighted by molar-refractivity contribution is 0.0999. The highest BCUT2D eigenvalue weighted by atomic mass is 28.4. The number of allylic oxidation sites excluding steroid dienone is 1. The van der Waals surface area contributed by atoms with Gasteiger partial charge in [0, 0.05) is 29.8 Å². The Morgan fingerprint density at radius 2 is 1.92 bits per heavy atom. The van der Waals surface area contributed by atoms with Gasteiger partial charge in [0.25, 0.3) is 0 Å². The van der Waals surface area contributed by atoms with Crippen LogP contribution < -0.4 is 16.2 Å². The van der Waals surface area contributed by atoms with Gasteiger partial charge in [0.15, 0.2) is 8.32 Å². The standard InChI is InChI=1S/C20H34N2O3Si/c1-7-8-10-16-17(21)13-15(19(22)23)14-18(16)24-11-9-12-25-26(5,6)20(2,3)4/h7,13-14H,1,8-12,21H2,2-6H3,(H2,22,23). The summed E-state index contributed by atoms with van der Waals surface area (Å²) in [6.07, 6.45) is 4.10. The van der Waals surface area contributed by atoms with Gasteiger partial charge in [0.2, 0.25) is 5.91 Å². The second-order valence-electron chi connectivity index (χ2n) is 8.04. The van der Waals surface area contributed by atoms with Crippen molar-refractivity contribution in [1.82, 2.24) is 0 Å². The number of hydrogen-bond donors (Lipinski definition) is 2. The number of rotatable bonds is 10. The highest BCUT2D eigenvalue weighted by Gasteiger charge is 2.36. The van der Waals surface area contributed by atoms with Crippen LogP contribution in [-0.4, -0.2) is 27.4 Å². The van der Waals surface area contributed by atoms with E-state index in [0.717, 1.165) is 18.4 Å². The van der Waals surface area contributed by atoms with Crippen molar-refractivity contribution >= 4 is 19.9 Å². The number of carbonyl (C=O) groups is 1. The molecule has 5 nitrogen and oxygen atoms in total. The van der Waals surface area contributed by atoms with Gasteiger partial charge in [-0.15, -0.1) is 6.58 Å². The third-order valence-corrected chi connectivity index (χ3v) is 9.48. The second-order valence-corrected chi connectivity index (χ2v) is 12.9. The van der Waals surface area contributed by atoms with E-state index in [2.05, 4.69) is 40.4 Å². The van der Waals surface area contributed by atoms with Gasteiger partial charge in [0.1, 0.15) is 5.75 Å². The smallest absolute Gasteiger partial charge is 0.248 e. The minimum Gasteiger partial charge on any atom is -0.493 e. The summed E-state index contributed by atoms with van der Waals surface area (Å²) in [4.78, 5) is 11.5. The number of hydrogen-bond acceptors (Lipinski definition) is 4. The first-order valence-electron chi connectivity index (χ1n) is 9.09. The van der Waals surface area contributed by atoms with Crippen molar-refractivity contribution in [3.8, 4) is 5.75 Å². The van der Waals surface area contributed by atoms with Gasteiger partial charge in [-0.25, -0.2) is 0 Å². The monoisotopic (exact) mass is 378 g/mol. The van der Waals surface area contributed by atoms with Crippen LogP contribution in [0.25, 0.3) is 0 Å². The molecule has 0 saturated heterocycles. The van der Waals surface area contributed by atoms with Crippen molar-refractivity contribution < 1.29 is 14.0 Å². The Balaban J connectivity index is 2.73. The molecular formula is C20H34N2O3Si. The molecule has 0 bridgehead atoms. The third kappa shape index (κ3) is 6.18. The first-order valence-corrected chi connectivity index (χ1v) is 12.0. The summed E-state index contributed by atoms with van der Waals surface area (Å²) in [5.74, 6) is 0.103. The van der Waals surface area contributed by atoms with Crippen LogP contribution in [0.15, 0.2) is 24.8 Å². The number of anilines is 1. The number of primary amides is 1. The Labute approximate surface area is 158 Å². The quantitative estimate of drug-likeness (QED) is 0.275. The predicted molar refractivity (Wildman–Crippen MR) is 111 cm³/mol. The summed E-state index contributed by atoms with van der Waals surface area (Å²) in [5.41, 5.74) is 13.3. The molecule has 0 unspecified atom stereocenters. The fraction of sp³-hybridized carbons (Fsp3) is 0.550. The summed E-state index contributed by atoms with van der Waals surface area (Å²) in [6.45, 7) is 16.0. The molecule has 4 N–H and O–H groups in total. The molecule has 1 aromatic rings. The number of carbonyl (C=O) groups excluding carboxylic acids is 1. The van der Waals surface area contributed by atoms with E-state index in [1.165, 1.54) is 0 Å². The SMILES string of the molecule is C=CCCc1c(N)cc(C(N)=O)cc1OCCCO[Si](C)(C)C(C)(C)C. The van der Waals surface area contributed by atoms with E-state index >= 15 is 0 Å². The zero-order valence-electron chi connectivity index (χ0n) is 16.9. The van der Waals surface area contributed by atoms with Gasteiger partial charge >= 0.3 is 0 Å². The lowest BCUT2D eigenvalue weighted by Gasteiger charge is -2.36. The van der Waals surface area contributed by atoms with Crippen molar-refractivity contribution in [3.63, 3.8) is 0 Å². The van der Waals surface area contributed by atoms with Crippen molar-refractivity contribution in [2.24, 2.45) is 5.73 Å². The molecule has 0 saturated carbocycles. The van der Waals surface area contributed by atoms with Gasteiger partial charge in [0.05, 0.1) is 6.61 Å². The maximum atomic E-state index is 11.5. The lowest BCUT2D eigenvalue weighted by atomic mass is 10.0. The van der Waals surface area contributed by atoms with E-state index in [1.54, 1.807) is 12.1 Å². The van der Waals surface area contributed by atoms with Gasteiger partial charge in [-0.1, -0.05) is 26.8 Å². The first kappa shape index (κ1) is 22.2. The van der Waals surface area contributed by atoms with E-state index in [-0.39, 0.29) is 5.04 Å². The van der Waals surface area contributed by atoms with Gasteiger partial charge in [-0.05, 0) is 43.1 Å². The highest BCUT2D eigenvalue weighted by Crippen LogP contribution is 2.36. The number of amides is 1. The van der Waals surface area contributed by atoms with Gasteiger partial charge < -0.3 is 20.6 Å². The van der Waals surface area contributed by atoms with Crippen molar-refractivity contribution in [3.05, 3.63) is 35.9 Å². The molecule has 146 valence electrons. The third-order valence-electron chi connectivity index (χ3n) is 4.94. The molecule has 26 heavy (non-hydrogen) atoms. The van der Waals surface area contributed by atoms with E-state index in [9.17, 15) is 4.79 Å². The molecule has 0 aliphatic heterocycles. The number of benzene rings is 1. The van der Waals surface area contributed by atoms with E-state index in [1.807, 2.05) is 6.08 Å². The van der Waals surface area contributed by atoms with Crippen molar-refractivity contribution in [1.29, 1.82) is 0 Å². The van der Waals surface area contributed by atoms with Crippen LogP contribution in [0.1, 0.15) is 49.5 Å². The molecule has 0 aliphatic carbocycles. The molecular weight excluding hydrogens is 344 g/mol. The normalized spacial score (nSPS) is 12.0. The molecule has 1 amide bonds. The van der Waals surface area contributed by atoms with Crippen molar-refractivity contribution in [2.75, 3.05) is 18.9 Å². The number of ether oxygens (including phenoxy) is 1. The van der Waals surface area contributed by atoms with E-state index in [4.69, 9.17) is 20.6 Å². The average Bonchev–Trinajstić information content (AvgIpc) is 2.52. The Morgan fingerprint density at radius 1 is 1.27 bits per heavy atom. The highest BCUT2D eigenvalue weighted by molar-refractivity contribution is 6.74. The Bertz CT molecular complexity index is 637. The molecule has 1 aromatic carbocycles. The number of nitrogens with two attached hydrogens (primary N) is 2. The van der Waals surface area contributed by atoms with Crippen LogP contribution in [0.3, 0.4) is 0 Å². The molecule has 6 heteroatoms. The molecule has 0 atom stereocenters. The molecule has 0 spiro atoms. The second kappa shape index (κ2) is 9.23. The Kier molecular flexibility index (Phi) is 7.90. The molecule has 0 heterocycles. The van der Waals surface area contributed by atoms with Crippen LogP contribution in [-0.2, 0) is 10.8 Å². The van der Waals surface area contributed by atoms with Crippen molar-refractivity contribution in [2.45, 2.75) is 58.2 Å². The van der Waals surface area contributed by atoms with Crippen LogP contribution in [0.5, 0.6) is 5.75 Å². The van der Waals surface area contributed by atoms with Gasteiger partial charge in [-0.3, -0.25) is 4.79 Å². The maximum absolute atomic E-state index is 11.5. The minimum absolute atomic E-state index is 0.190. The molecule has 0 fully saturated rings. The first-order chi connectivity index (χ1) is 12.0. The summed E-state index contributed by atoms with van der Waals surface area (Å²) in [5, 5.41) is 0.190. The predicted octanol–water partition coefficient (Wildman–Crippen LogP) is 4.28. The summed E-state index contributed by atoms with van der Waals surface area (Å²) in [6, 6.07) is 3.28. The zero-order valence-corrected chi connectivity index (χ0v) is 17.9. The van der Waals surface area contributed by atoms with Crippen LogP contribution in [0.4, 0.5) is 5.69 Å². The fourth-order valence-electron chi connectivity index (χ4n) is 2.24. The Hall–Kier alpha value is -1.79. The van der Waals surface area contributed by atoms with Crippen LogP contribution in [0.2, 0.25) is 18.1 Å². The van der Waals surface area contributed by atoms with Crippen LogP contribution in [0, 0.1) is 0 Å². The van der Waals surface area contributed by atoms with Gasteiger partial charge in [-0.2, -0.15) is 0 Å². The molecule has 1 rings (SSSR count). The molecule has 0 aromatic heterocycles.